The molecule has 0 saturated heterocycles. The number of rotatable bonds is 5. The predicted molar refractivity (Wildman–Crippen MR) is 77.7 cm³/mol. The van der Waals surface area contributed by atoms with E-state index in [1.165, 1.54) is 43.5 Å². The van der Waals surface area contributed by atoms with Gasteiger partial charge in [0.2, 0.25) is 0 Å². The van der Waals surface area contributed by atoms with Crippen molar-refractivity contribution in [2.75, 3.05) is 13.1 Å². The SMILES string of the molecule is Cc1csc(CNCC2(CN)CCCCCC2)n1. The molecule has 1 saturated carbocycles. The Hall–Kier alpha value is -0.450. The molecule has 1 aromatic rings. The zero-order valence-corrected chi connectivity index (χ0v) is 12.2. The fourth-order valence-electron chi connectivity index (χ4n) is 2.85. The number of aromatic nitrogens is 1. The number of aryl methyl sites for hydroxylation is 1. The van der Waals surface area contributed by atoms with Crippen LogP contribution in [0.3, 0.4) is 0 Å². The molecule has 0 spiro atoms. The first-order valence-electron chi connectivity index (χ1n) is 7.06. The second-order valence-electron chi connectivity index (χ2n) is 5.60. The van der Waals surface area contributed by atoms with Crippen molar-refractivity contribution in [3.05, 3.63) is 16.1 Å². The molecule has 1 heterocycles. The van der Waals surface area contributed by atoms with E-state index in [9.17, 15) is 0 Å². The summed E-state index contributed by atoms with van der Waals surface area (Å²) in [6.07, 6.45) is 8.02. The standard InChI is InChI=1S/C14H25N3S/c1-12-9-18-13(17-12)8-16-11-14(10-15)6-4-2-3-5-7-14/h9,16H,2-8,10-11,15H2,1H3. The van der Waals surface area contributed by atoms with Crippen molar-refractivity contribution >= 4 is 11.3 Å². The molecular weight excluding hydrogens is 242 g/mol. The molecule has 1 aliphatic carbocycles. The first-order chi connectivity index (χ1) is 8.74. The Bertz CT molecular complexity index is 354. The highest BCUT2D eigenvalue weighted by atomic mass is 32.1. The average Bonchev–Trinajstić information content (AvgIpc) is 2.65. The molecule has 0 atom stereocenters. The van der Waals surface area contributed by atoms with E-state index in [2.05, 4.69) is 15.7 Å². The summed E-state index contributed by atoms with van der Waals surface area (Å²) in [5.74, 6) is 0. The minimum absolute atomic E-state index is 0.336. The summed E-state index contributed by atoms with van der Waals surface area (Å²) in [7, 11) is 0. The monoisotopic (exact) mass is 267 g/mol. The Morgan fingerprint density at radius 2 is 2.06 bits per heavy atom. The van der Waals surface area contributed by atoms with Gasteiger partial charge in [-0.05, 0) is 31.7 Å². The van der Waals surface area contributed by atoms with Crippen molar-refractivity contribution in [3.63, 3.8) is 0 Å². The molecular formula is C14H25N3S. The van der Waals surface area contributed by atoms with Gasteiger partial charge in [-0.15, -0.1) is 11.3 Å². The Labute approximate surface area is 114 Å². The zero-order valence-electron chi connectivity index (χ0n) is 11.4. The molecule has 1 aliphatic rings. The second kappa shape index (κ2) is 6.64. The lowest BCUT2D eigenvalue weighted by atomic mass is 9.80. The van der Waals surface area contributed by atoms with Crippen molar-refractivity contribution in [2.24, 2.45) is 11.1 Å². The zero-order chi connectivity index (χ0) is 12.8. The first kappa shape index (κ1) is 14.0. The smallest absolute Gasteiger partial charge is 0.107 e. The molecule has 1 fully saturated rings. The van der Waals surface area contributed by atoms with E-state index in [4.69, 9.17) is 5.73 Å². The molecule has 102 valence electrons. The van der Waals surface area contributed by atoms with Gasteiger partial charge < -0.3 is 11.1 Å². The van der Waals surface area contributed by atoms with Crippen molar-refractivity contribution < 1.29 is 0 Å². The minimum Gasteiger partial charge on any atom is -0.330 e. The molecule has 0 unspecified atom stereocenters. The van der Waals surface area contributed by atoms with Crippen LogP contribution in [0.2, 0.25) is 0 Å². The van der Waals surface area contributed by atoms with Crippen molar-refractivity contribution in [3.8, 4) is 0 Å². The van der Waals surface area contributed by atoms with Crippen LogP contribution in [0.5, 0.6) is 0 Å². The maximum Gasteiger partial charge on any atom is 0.107 e. The fourth-order valence-corrected chi connectivity index (χ4v) is 3.59. The largest absolute Gasteiger partial charge is 0.330 e. The summed E-state index contributed by atoms with van der Waals surface area (Å²) in [4.78, 5) is 4.49. The molecule has 0 aliphatic heterocycles. The summed E-state index contributed by atoms with van der Waals surface area (Å²) < 4.78 is 0. The molecule has 3 N–H and O–H groups in total. The van der Waals surface area contributed by atoms with Gasteiger partial charge in [0, 0.05) is 24.2 Å². The van der Waals surface area contributed by atoms with E-state index >= 15 is 0 Å². The van der Waals surface area contributed by atoms with Gasteiger partial charge in [0.15, 0.2) is 0 Å². The normalized spacial score (nSPS) is 19.7. The molecule has 2 rings (SSSR count). The summed E-state index contributed by atoms with van der Waals surface area (Å²) >= 11 is 1.74. The number of nitrogens with two attached hydrogens (primary N) is 1. The van der Waals surface area contributed by atoms with Crippen LogP contribution in [0, 0.1) is 12.3 Å². The number of hydrogen-bond acceptors (Lipinski definition) is 4. The van der Waals surface area contributed by atoms with Crippen LogP contribution in [-0.4, -0.2) is 18.1 Å². The molecule has 0 radical (unpaired) electrons. The van der Waals surface area contributed by atoms with E-state index in [1.54, 1.807) is 11.3 Å². The molecule has 4 heteroatoms. The summed E-state index contributed by atoms with van der Waals surface area (Å²) in [6, 6.07) is 0. The maximum absolute atomic E-state index is 6.04. The third-order valence-corrected chi connectivity index (χ3v) is 5.01. The van der Waals surface area contributed by atoms with E-state index in [0.717, 1.165) is 25.3 Å². The quantitative estimate of drug-likeness (QED) is 0.807. The van der Waals surface area contributed by atoms with E-state index in [0.29, 0.717) is 5.41 Å². The van der Waals surface area contributed by atoms with E-state index in [1.807, 2.05) is 6.92 Å². The highest BCUT2D eigenvalue weighted by molar-refractivity contribution is 7.09. The topological polar surface area (TPSA) is 50.9 Å². The molecule has 0 amide bonds. The lowest BCUT2D eigenvalue weighted by Crippen LogP contribution is -2.39. The number of hydrogen-bond donors (Lipinski definition) is 2. The van der Waals surface area contributed by atoms with Crippen LogP contribution < -0.4 is 11.1 Å². The van der Waals surface area contributed by atoms with Crippen LogP contribution in [0.4, 0.5) is 0 Å². The van der Waals surface area contributed by atoms with Crippen LogP contribution in [-0.2, 0) is 6.54 Å². The van der Waals surface area contributed by atoms with Gasteiger partial charge in [0.05, 0.1) is 0 Å². The third kappa shape index (κ3) is 3.77. The lowest BCUT2D eigenvalue weighted by molar-refractivity contribution is 0.242. The number of nitrogens with zero attached hydrogens (tertiary/aromatic N) is 1. The average molecular weight is 267 g/mol. The Morgan fingerprint density at radius 1 is 1.33 bits per heavy atom. The first-order valence-corrected chi connectivity index (χ1v) is 7.94. The summed E-state index contributed by atoms with van der Waals surface area (Å²) in [5.41, 5.74) is 7.50. The predicted octanol–water partition coefficient (Wildman–Crippen LogP) is 2.84. The molecule has 0 aromatic carbocycles. The van der Waals surface area contributed by atoms with E-state index < -0.39 is 0 Å². The highest BCUT2D eigenvalue weighted by Gasteiger charge is 2.28. The highest BCUT2D eigenvalue weighted by Crippen LogP contribution is 2.33. The van der Waals surface area contributed by atoms with Crippen LogP contribution in [0.25, 0.3) is 0 Å². The minimum atomic E-state index is 0.336. The summed E-state index contributed by atoms with van der Waals surface area (Å²) in [5, 5.41) is 6.87. The van der Waals surface area contributed by atoms with Gasteiger partial charge in [-0.25, -0.2) is 4.98 Å². The van der Waals surface area contributed by atoms with Crippen LogP contribution in [0.1, 0.15) is 49.2 Å². The third-order valence-electron chi connectivity index (χ3n) is 4.04. The second-order valence-corrected chi connectivity index (χ2v) is 6.55. The Kier molecular flexibility index (Phi) is 5.15. The Morgan fingerprint density at radius 3 is 2.61 bits per heavy atom. The van der Waals surface area contributed by atoms with Crippen LogP contribution in [0.15, 0.2) is 5.38 Å². The number of nitrogens with one attached hydrogen (secondary N) is 1. The lowest BCUT2D eigenvalue weighted by Gasteiger charge is -2.31. The Balaban J connectivity index is 1.82. The molecule has 0 bridgehead atoms. The van der Waals surface area contributed by atoms with Gasteiger partial charge >= 0.3 is 0 Å². The van der Waals surface area contributed by atoms with Gasteiger partial charge in [-0.1, -0.05) is 25.7 Å². The van der Waals surface area contributed by atoms with Gasteiger partial charge in [-0.3, -0.25) is 0 Å². The molecule has 18 heavy (non-hydrogen) atoms. The van der Waals surface area contributed by atoms with E-state index in [-0.39, 0.29) is 0 Å². The van der Waals surface area contributed by atoms with Gasteiger partial charge in [0.25, 0.3) is 0 Å². The molecule has 1 aromatic heterocycles. The van der Waals surface area contributed by atoms with Gasteiger partial charge in [-0.2, -0.15) is 0 Å². The maximum atomic E-state index is 6.04. The van der Waals surface area contributed by atoms with Crippen molar-refractivity contribution in [1.82, 2.24) is 10.3 Å². The van der Waals surface area contributed by atoms with Gasteiger partial charge in [0.1, 0.15) is 5.01 Å². The van der Waals surface area contributed by atoms with Crippen molar-refractivity contribution in [1.29, 1.82) is 0 Å². The van der Waals surface area contributed by atoms with Crippen molar-refractivity contribution in [2.45, 2.75) is 52.0 Å². The molecule has 3 nitrogen and oxygen atoms in total. The number of thiazole rings is 1. The summed E-state index contributed by atoms with van der Waals surface area (Å²) in [6.45, 7) is 4.80. The van der Waals surface area contributed by atoms with Crippen LogP contribution >= 0.6 is 11.3 Å². The fraction of sp³-hybridized carbons (Fsp3) is 0.786.